The van der Waals surface area contributed by atoms with E-state index in [1.54, 1.807) is 25.6 Å². The summed E-state index contributed by atoms with van der Waals surface area (Å²) in [5.41, 5.74) is 3.08. The highest BCUT2D eigenvalue weighted by Gasteiger charge is 2.16. The number of hydrogen-bond acceptors (Lipinski definition) is 4. The van der Waals surface area contributed by atoms with Gasteiger partial charge in [0.15, 0.2) is 0 Å². The lowest BCUT2D eigenvalue weighted by Crippen LogP contribution is -2.05. The van der Waals surface area contributed by atoms with E-state index in [9.17, 15) is 4.79 Å². The topological polar surface area (TPSA) is 48.4 Å². The van der Waals surface area contributed by atoms with Crippen LogP contribution in [0.3, 0.4) is 0 Å². The number of aryl methyl sites for hydroxylation is 1. The highest BCUT2D eigenvalue weighted by molar-refractivity contribution is 5.98. The molecule has 0 saturated heterocycles. The molecule has 0 aliphatic rings. The number of hydrogen-bond donors (Lipinski definition) is 0. The lowest BCUT2D eigenvalue weighted by Gasteiger charge is -2.12. The van der Waals surface area contributed by atoms with Crippen molar-refractivity contribution in [3.05, 3.63) is 47.8 Å². The average Bonchev–Trinajstić information content (AvgIpc) is 2.47. The molecule has 2 rings (SSSR count). The van der Waals surface area contributed by atoms with Crippen molar-refractivity contribution in [2.45, 2.75) is 6.92 Å². The summed E-state index contributed by atoms with van der Waals surface area (Å²) in [6, 6.07) is 7.34. The Bertz CT molecular complexity index is 594. The van der Waals surface area contributed by atoms with Crippen molar-refractivity contribution in [2.75, 3.05) is 14.2 Å². The fourth-order valence-corrected chi connectivity index (χ4v) is 1.95. The van der Waals surface area contributed by atoms with E-state index in [4.69, 9.17) is 9.47 Å². The molecule has 1 aromatic carbocycles. The minimum absolute atomic E-state index is 0.392. The van der Waals surface area contributed by atoms with Crippen LogP contribution < -0.4 is 4.74 Å². The molecule has 0 N–H and O–H groups in total. The molecular formula is C15H15NO3. The number of carbonyl (C=O) groups excluding carboxylic acids is 1. The maximum Gasteiger partial charge on any atom is 0.338 e. The van der Waals surface area contributed by atoms with Gasteiger partial charge in [-0.2, -0.15) is 0 Å². The van der Waals surface area contributed by atoms with E-state index in [1.807, 2.05) is 25.1 Å². The second-order valence-electron chi connectivity index (χ2n) is 4.10. The molecule has 1 heterocycles. The number of methoxy groups -OCH3 is 2. The third-order valence-corrected chi connectivity index (χ3v) is 2.91. The first-order valence-electron chi connectivity index (χ1n) is 5.84. The van der Waals surface area contributed by atoms with Gasteiger partial charge in [-0.15, -0.1) is 0 Å². The van der Waals surface area contributed by atoms with Crippen LogP contribution in [0.5, 0.6) is 5.75 Å². The van der Waals surface area contributed by atoms with Crippen LogP contribution in [0.25, 0.3) is 11.1 Å². The van der Waals surface area contributed by atoms with Crippen LogP contribution in [-0.2, 0) is 4.74 Å². The summed E-state index contributed by atoms with van der Waals surface area (Å²) in [6.07, 6.45) is 3.41. The second kappa shape index (κ2) is 5.52. The van der Waals surface area contributed by atoms with Crippen LogP contribution in [0.1, 0.15) is 15.9 Å². The predicted octanol–water partition coefficient (Wildman–Crippen LogP) is 2.85. The summed E-state index contributed by atoms with van der Waals surface area (Å²) in [5.74, 6) is 0.269. The summed E-state index contributed by atoms with van der Waals surface area (Å²) in [5, 5.41) is 0. The molecule has 19 heavy (non-hydrogen) atoms. The van der Waals surface area contributed by atoms with Crippen molar-refractivity contribution in [3.63, 3.8) is 0 Å². The van der Waals surface area contributed by atoms with Crippen molar-refractivity contribution in [3.8, 4) is 16.9 Å². The Morgan fingerprint density at radius 3 is 2.63 bits per heavy atom. The maximum absolute atomic E-state index is 11.9. The molecule has 98 valence electrons. The van der Waals surface area contributed by atoms with E-state index in [1.165, 1.54) is 7.11 Å². The number of pyridine rings is 1. The Morgan fingerprint density at radius 2 is 2.05 bits per heavy atom. The summed E-state index contributed by atoms with van der Waals surface area (Å²) in [6.45, 7) is 1.93. The number of ether oxygens (including phenoxy) is 2. The monoisotopic (exact) mass is 257 g/mol. The zero-order valence-corrected chi connectivity index (χ0v) is 11.1. The van der Waals surface area contributed by atoms with Crippen LogP contribution in [0.4, 0.5) is 0 Å². The molecule has 0 radical (unpaired) electrons. The zero-order chi connectivity index (χ0) is 13.8. The van der Waals surface area contributed by atoms with Gasteiger partial charge in [-0.3, -0.25) is 4.98 Å². The van der Waals surface area contributed by atoms with E-state index in [2.05, 4.69) is 4.98 Å². The molecule has 0 saturated carbocycles. The van der Waals surface area contributed by atoms with Gasteiger partial charge < -0.3 is 9.47 Å². The fraction of sp³-hybridized carbons (Fsp3) is 0.200. The summed E-state index contributed by atoms with van der Waals surface area (Å²) >= 11 is 0. The molecule has 0 amide bonds. The molecule has 2 aromatic rings. The number of carbonyl (C=O) groups is 1. The van der Waals surface area contributed by atoms with E-state index in [0.29, 0.717) is 11.3 Å². The first kappa shape index (κ1) is 13.1. The molecule has 0 bridgehead atoms. The minimum atomic E-state index is -0.392. The van der Waals surface area contributed by atoms with Gasteiger partial charge in [0, 0.05) is 18.0 Å². The lowest BCUT2D eigenvalue weighted by molar-refractivity contribution is 0.0601. The molecule has 1 aromatic heterocycles. The first-order chi connectivity index (χ1) is 9.17. The SMILES string of the molecule is COC(=O)c1cc(OC)c(C)cc1-c1cccnc1. The molecule has 0 fully saturated rings. The highest BCUT2D eigenvalue weighted by Crippen LogP contribution is 2.30. The van der Waals surface area contributed by atoms with Crippen molar-refractivity contribution < 1.29 is 14.3 Å². The Hall–Kier alpha value is -2.36. The van der Waals surface area contributed by atoms with Crippen molar-refractivity contribution >= 4 is 5.97 Å². The van der Waals surface area contributed by atoms with E-state index in [0.717, 1.165) is 16.7 Å². The Kier molecular flexibility index (Phi) is 3.80. The lowest BCUT2D eigenvalue weighted by atomic mass is 9.98. The molecule has 0 spiro atoms. The van der Waals surface area contributed by atoms with Gasteiger partial charge in [0.05, 0.1) is 19.8 Å². The summed E-state index contributed by atoms with van der Waals surface area (Å²) in [7, 11) is 2.94. The van der Waals surface area contributed by atoms with Gasteiger partial charge in [-0.25, -0.2) is 4.79 Å². The highest BCUT2D eigenvalue weighted by atomic mass is 16.5. The van der Waals surface area contributed by atoms with Crippen LogP contribution in [-0.4, -0.2) is 25.2 Å². The van der Waals surface area contributed by atoms with Gasteiger partial charge >= 0.3 is 5.97 Å². The average molecular weight is 257 g/mol. The van der Waals surface area contributed by atoms with Gasteiger partial charge in [0.2, 0.25) is 0 Å². The third kappa shape index (κ3) is 2.57. The van der Waals surface area contributed by atoms with Gasteiger partial charge in [0.1, 0.15) is 5.75 Å². The second-order valence-corrected chi connectivity index (χ2v) is 4.10. The number of benzene rings is 1. The maximum atomic E-state index is 11.9. The van der Waals surface area contributed by atoms with Crippen LogP contribution in [0.15, 0.2) is 36.7 Å². The third-order valence-electron chi connectivity index (χ3n) is 2.91. The van der Waals surface area contributed by atoms with E-state index < -0.39 is 5.97 Å². The van der Waals surface area contributed by atoms with Crippen molar-refractivity contribution in [1.29, 1.82) is 0 Å². The molecular weight excluding hydrogens is 242 g/mol. The molecule has 0 aliphatic carbocycles. The molecule has 4 heteroatoms. The normalized spacial score (nSPS) is 10.1. The van der Waals surface area contributed by atoms with Gasteiger partial charge in [-0.05, 0) is 36.2 Å². The zero-order valence-electron chi connectivity index (χ0n) is 11.1. The molecule has 0 unspecified atom stereocenters. The number of nitrogens with zero attached hydrogens (tertiary/aromatic N) is 1. The predicted molar refractivity (Wildman–Crippen MR) is 72.3 cm³/mol. The number of esters is 1. The quantitative estimate of drug-likeness (QED) is 0.793. The Morgan fingerprint density at radius 1 is 1.26 bits per heavy atom. The molecule has 0 aliphatic heterocycles. The molecule has 4 nitrogen and oxygen atoms in total. The smallest absolute Gasteiger partial charge is 0.338 e. The first-order valence-corrected chi connectivity index (χ1v) is 5.84. The van der Waals surface area contributed by atoms with Gasteiger partial charge in [-0.1, -0.05) is 6.07 Å². The fourth-order valence-electron chi connectivity index (χ4n) is 1.95. The van der Waals surface area contributed by atoms with Crippen molar-refractivity contribution in [1.82, 2.24) is 4.98 Å². The Labute approximate surface area is 112 Å². The number of aromatic nitrogens is 1. The minimum Gasteiger partial charge on any atom is -0.496 e. The molecule has 0 atom stereocenters. The van der Waals surface area contributed by atoms with E-state index in [-0.39, 0.29) is 0 Å². The van der Waals surface area contributed by atoms with Crippen LogP contribution >= 0.6 is 0 Å². The van der Waals surface area contributed by atoms with Crippen LogP contribution in [0, 0.1) is 6.92 Å². The number of rotatable bonds is 3. The summed E-state index contributed by atoms with van der Waals surface area (Å²) in [4.78, 5) is 16.0. The Balaban J connectivity index is 2.65. The van der Waals surface area contributed by atoms with Crippen LogP contribution in [0.2, 0.25) is 0 Å². The van der Waals surface area contributed by atoms with Crippen molar-refractivity contribution in [2.24, 2.45) is 0 Å². The summed E-state index contributed by atoms with van der Waals surface area (Å²) < 4.78 is 10.1. The largest absolute Gasteiger partial charge is 0.496 e. The van der Waals surface area contributed by atoms with Gasteiger partial charge in [0.25, 0.3) is 0 Å². The van der Waals surface area contributed by atoms with E-state index >= 15 is 0 Å². The standard InChI is InChI=1S/C15H15NO3/c1-10-7-12(11-5-4-6-16-9-11)13(15(17)19-3)8-14(10)18-2/h4-9H,1-3H3.